The van der Waals surface area contributed by atoms with E-state index in [0.29, 0.717) is 13.1 Å². The highest BCUT2D eigenvalue weighted by Gasteiger charge is 2.15. The van der Waals surface area contributed by atoms with Gasteiger partial charge in [-0.2, -0.15) is 0 Å². The molecular formula is C11H20IN3O2. The van der Waals surface area contributed by atoms with Gasteiger partial charge in [-0.15, -0.1) is 0 Å². The molecule has 0 rings (SSSR count). The molecule has 6 heteroatoms. The minimum Gasteiger partial charge on any atom is -0.444 e. The molecule has 0 heterocycles. The highest BCUT2D eigenvalue weighted by molar-refractivity contribution is 14.1. The van der Waals surface area contributed by atoms with E-state index >= 15 is 0 Å². The van der Waals surface area contributed by atoms with Crippen molar-refractivity contribution < 1.29 is 9.53 Å². The molecule has 0 aromatic heterocycles. The van der Waals surface area contributed by atoms with Crippen LogP contribution in [-0.2, 0) is 4.74 Å². The number of hydrogen-bond donors (Lipinski definition) is 1. The van der Waals surface area contributed by atoms with E-state index in [4.69, 9.17) is 4.74 Å². The third-order valence-electron chi connectivity index (χ3n) is 1.61. The van der Waals surface area contributed by atoms with Gasteiger partial charge in [-0.25, -0.2) is 4.79 Å². The Kier molecular flexibility index (Phi) is 7.17. The Labute approximate surface area is 116 Å². The van der Waals surface area contributed by atoms with Crippen LogP contribution in [0.15, 0.2) is 14.9 Å². The molecule has 0 spiro atoms. The second kappa shape index (κ2) is 7.52. The summed E-state index contributed by atoms with van der Waals surface area (Å²) in [4.78, 5) is 17.0. The van der Waals surface area contributed by atoms with Crippen LogP contribution in [0, 0.1) is 0 Å². The third kappa shape index (κ3) is 10.1. The van der Waals surface area contributed by atoms with Crippen LogP contribution in [0.5, 0.6) is 0 Å². The molecule has 0 saturated heterocycles. The number of amides is 1. The van der Waals surface area contributed by atoms with Crippen LogP contribution in [0.2, 0.25) is 0 Å². The molecule has 0 aromatic rings. The Bertz CT molecular complexity index is 298. The van der Waals surface area contributed by atoms with Crippen LogP contribution < -0.4 is 5.32 Å². The number of alkyl carbamates (subject to hydrolysis) is 1. The van der Waals surface area contributed by atoms with Crippen LogP contribution in [0.3, 0.4) is 0 Å². The molecule has 98 valence electrons. The summed E-state index contributed by atoms with van der Waals surface area (Å²) in [6.07, 6.45) is 1.45. The van der Waals surface area contributed by atoms with E-state index in [-0.39, 0.29) is 0 Å². The topological polar surface area (TPSA) is 53.9 Å². The lowest BCUT2D eigenvalue weighted by molar-refractivity contribution is 0.0525. The molecule has 0 radical (unpaired) electrons. The minimum atomic E-state index is -0.460. The highest BCUT2D eigenvalue weighted by atomic mass is 127. The maximum atomic E-state index is 11.3. The average molecular weight is 353 g/mol. The number of rotatable bonds is 5. The van der Waals surface area contributed by atoms with Gasteiger partial charge in [0.05, 0.1) is 0 Å². The predicted octanol–water partition coefficient (Wildman–Crippen LogP) is 2.38. The van der Waals surface area contributed by atoms with Gasteiger partial charge in [0.15, 0.2) is 0 Å². The van der Waals surface area contributed by atoms with Gasteiger partial charge in [0.1, 0.15) is 9.30 Å². The molecule has 0 aliphatic heterocycles. The van der Waals surface area contributed by atoms with Crippen molar-refractivity contribution in [3.05, 3.63) is 9.90 Å². The van der Waals surface area contributed by atoms with E-state index < -0.39 is 11.7 Å². The zero-order valence-electron chi connectivity index (χ0n) is 10.8. The second-order valence-corrected chi connectivity index (χ2v) is 5.62. The summed E-state index contributed by atoms with van der Waals surface area (Å²) >= 11 is 2.08. The number of carbonyl (C=O) groups excluding carboxylic acids is 1. The first-order valence-corrected chi connectivity index (χ1v) is 6.33. The summed E-state index contributed by atoms with van der Waals surface area (Å²) in [6, 6.07) is 0. The van der Waals surface area contributed by atoms with Crippen molar-refractivity contribution in [2.24, 2.45) is 4.99 Å². The van der Waals surface area contributed by atoms with Crippen molar-refractivity contribution in [3.63, 3.8) is 0 Å². The van der Waals surface area contributed by atoms with Crippen molar-refractivity contribution in [1.29, 1.82) is 0 Å². The van der Waals surface area contributed by atoms with E-state index in [0.717, 1.165) is 3.70 Å². The fraction of sp³-hybridized carbons (Fsp3) is 0.636. The fourth-order valence-corrected chi connectivity index (χ4v) is 1.41. The molecule has 0 aliphatic rings. The highest BCUT2D eigenvalue weighted by Crippen LogP contribution is 2.07. The maximum absolute atomic E-state index is 11.3. The van der Waals surface area contributed by atoms with Crippen molar-refractivity contribution in [2.75, 3.05) is 20.1 Å². The minimum absolute atomic E-state index is 0.397. The van der Waals surface area contributed by atoms with Crippen LogP contribution >= 0.6 is 22.6 Å². The van der Waals surface area contributed by atoms with Gasteiger partial charge in [-0.1, -0.05) is 0 Å². The van der Waals surface area contributed by atoms with E-state index in [1.807, 2.05) is 38.9 Å². The zero-order chi connectivity index (χ0) is 13.5. The lowest BCUT2D eigenvalue weighted by Gasteiger charge is -2.20. The van der Waals surface area contributed by atoms with Crippen LogP contribution in [-0.4, -0.2) is 43.4 Å². The molecule has 1 amide bonds. The SMILES string of the molecule is C=N/C(I)=C\N(C)CCNC(=O)OC(C)(C)C. The molecule has 0 fully saturated rings. The lowest BCUT2D eigenvalue weighted by atomic mass is 10.2. The largest absolute Gasteiger partial charge is 0.444 e. The Morgan fingerprint density at radius 2 is 2.18 bits per heavy atom. The Morgan fingerprint density at radius 3 is 2.65 bits per heavy atom. The first kappa shape index (κ1) is 16.2. The average Bonchev–Trinajstić information content (AvgIpc) is 2.14. The van der Waals surface area contributed by atoms with E-state index in [2.05, 4.69) is 39.6 Å². The lowest BCUT2D eigenvalue weighted by Crippen LogP contribution is -2.36. The third-order valence-corrected chi connectivity index (χ3v) is 2.23. The predicted molar refractivity (Wildman–Crippen MR) is 78.5 cm³/mol. The van der Waals surface area contributed by atoms with E-state index in [1.54, 1.807) is 0 Å². The van der Waals surface area contributed by atoms with E-state index in [9.17, 15) is 4.79 Å². The molecule has 1 N–H and O–H groups in total. The van der Waals surface area contributed by atoms with E-state index in [1.165, 1.54) is 0 Å². The molecule has 0 unspecified atom stereocenters. The number of hydrogen-bond acceptors (Lipinski definition) is 4. The quantitative estimate of drug-likeness (QED) is 0.469. The van der Waals surface area contributed by atoms with Gasteiger partial charge in [0.25, 0.3) is 0 Å². The van der Waals surface area contributed by atoms with Gasteiger partial charge in [0.2, 0.25) is 0 Å². The van der Waals surface area contributed by atoms with Gasteiger partial charge in [-0.3, -0.25) is 4.99 Å². The summed E-state index contributed by atoms with van der Waals surface area (Å²) < 4.78 is 5.92. The van der Waals surface area contributed by atoms with Gasteiger partial charge >= 0.3 is 6.09 Å². The monoisotopic (exact) mass is 353 g/mol. The zero-order valence-corrected chi connectivity index (χ0v) is 12.9. The molecule has 17 heavy (non-hydrogen) atoms. The van der Waals surface area contributed by atoms with Crippen LogP contribution in [0.4, 0.5) is 4.79 Å². The summed E-state index contributed by atoms with van der Waals surface area (Å²) in [5.74, 6) is 0. The molecule has 0 saturated carbocycles. The fourth-order valence-electron chi connectivity index (χ4n) is 0.936. The number of likely N-dealkylation sites (N-methyl/N-ethyl adjacent to an activating group) is 1. The number of carbonyl (C=O) groups is 1. The van der Waals surface area contributed by atoms with Gasteiger partial charge in [-0.05, 0) is 50.1 Å². The molecule has 0 bridgehead atoms. The normalized spacial score (nSPS) is 11.9. The molecule has 0 aromatic carbocycles. The standard InChI is InChI=1S/C11H20IN3O2/c1-11(2,3)17-10(16)14-6-7-15(5)8-9(12)13-4/h8H,4,6-7H2,1-3,5H3,(H,14,16)/b9-8-. The Balaban J connectivity index is 3.85. The van der Waals surface area contributed by atoms with Crippen molar-refractivity contribution in [2.45, 2.75) is 26.4 Å². The summed E-state index contributed by atoms with van der Waals surface area (Å²) in [5, 5.41) is 2.68. The number of nitrogens with zero attached hydrogens (tertiary/aromatic N) is 2. The van der Waals surface area contributed by atoms with Crippen LogP contribution in [0.25, 0.3) is 0 Å². The summed E-state index contributed by atoms with van der Waals surface area (Å²) in [7, 11) is 1.90. The molecule has 0 atom stereocenters. The summed E-state index contributed by atoms with van der Waals surface area (Å²) in [5.41, 5.74) is -0.460. The van der Waals surface area contributed by atoms with Crippen molar-refractivity contribution in [3.8, 4) is 0 Å². The van der Waals surface area contributed by atoms with Gasteiger partial charge in [0, 0.05) is 26.3 Å². The van der Waals surface area contributed by atoms with Crippen LogP contribution in [0.1, 0.15) is 20.8 Å². The number of ether oxygens (including phenoxy) is 1. The Morgan fingerprint density at radius 1 is 1.59 bits per heavy atom. The molecular weight excluding hydrogens is 333 g/mol. The summed E-state index contributed by atoms with van der Waals surface area (Å²) in [6.45, 7) is 10.1. The maximum Gasteiger partial charge on any atom is 0.407 e. The van der Waals surface area contributed by atoms with Crippen molar-refractivity contribution in [1.82, 2.24) is 10.2 Å². The second-order valence-electron chi connectivity index (χ2n) is 4.52. The van der Waals surface area contributed by atoms with Gasteiger partial charge < -0.3 is 15.0 Å². The van der Waals surface area contributed by atoms with Crippen molar-refractivity contribution >= 4 is 35.4 Å². The smallest absolute Gasteiger partial charge is 0.407 e. The number of halogens is 1. The number of aliphatic imine (C=N–C) groups is 1. The first-order chi connectivity index (χ1) is 7.74. The Hall–Kier alpha value is -0.790. The molecule has 0 aliphatic carbocycles. The first-order valence-electron chi connectivity index (χ1n) is 5.26. The number of nitrogens with one attached hydrogen (secondary N) is 1. The molecule has 5 nitrogen and oxygen atoms in total.